The largest absolute Gasteiger partial charge is 0.397 e. The van der Waals surface area contributed by atoms with E-state index in [9.17, 15) is 19.7 Å². The lowest BCUT2D eigenvalue weighted by molar-refractivity contribution is -0.385. The summed E-state index contributed by atoms with van der Waals surface area (Å²) >= 11 is 0. The van der Waals surface area contributed by atoms with Crippen molar-refractivity contribution >= 4 is 115 Å². The van der Waals surface area contributed by atoms with Gasteiger partial charge in [0, 0.05) is 57.0 Å². The van der Waals surface area contributed by atoms with E-state index < -0.39 is 4.92 Å². The van der Waals surface area contributed by atoms with Crippen molar-refractivity contribution in [1.82, 2.24) is 18.8 Å². The summed E-state index contributed by atoms with van der Waals surface area (Å²) in [5.41, 5.74) is 12.3. The third-order valence-corrected chi connectivity index (χ3v) is 16.1. The summed E-state index contributed by atoms with van der Waals surface area (Å²) in [4.78, 5) is 53.6. The summed E-state index contributed by atoms with van der Waals surface area (Å²) in [6.45, 7) is 8.14. The van der Waals surface area contributed by atoms with Crippen LogP contribution in [0, 0.1) is 17.0 Å². The number of fused-ring (bicyclic) bond motifs is 10. The van der Waals surface area contributed by atoms with Crippen molar-refractivity contribution in [3.05, 3.63) is 109 Å². The molecule has 11 nitrogen and oxygen atoms in total. The van der Waals surface area contributed by atoms with Gasteiger partial charge in [0.2, 0.25) is 0 Å². The Morgan fingerprint density at radius 1 is 0.500 bits per heavy atom. The SMILES string of the molecule is CCCCCCCCCCCCN(CCCCCCCCCCCC)c1cc2nc3c4ccc5c6ccc7c(=O)n8c9cc([N+](=O)[O-])c(C)cc9nc8c8ccc(c9ccc(c(=O)n3c2cc1N)c4c59)c6c78. The molecule has 0 unspecified atom stereocenters. The van der Waals surface area contributed by atoms with Crippen molar-refractivity contribution in [3.63, 3.8) is 0 Å². The number of hydrogen-bond donors (Lipinski definition) is 1. The molecule has 72 heavy (non-hydrogen) atoms. The van der Waals surface area contributed by atoms with Gasteiger partial charge in [-0.15, -0.1) is 0 Å². The number of aromatic nitrogens is 4. The maximum Gasteiger partial charge on any atom is 0.274 e. The van der Waals surface area contributed by atoms with Gasteiger partial charge in [-0.2, -0.15) is 0 Å². The van der Waals surface area contributed by atoms with Crippen LogP contribution in [0.5, 0.6) is 0 Å². The smallest absolute Gasteiger partial charge is 0.274 e. The summed E-state index contributed by atoms with van der Waals surface area (Å²) in [7, 11) is 0. The number of benzene rings is 7. The predicted molar refractivity (Wildman–Crippen MR) is 302 cm³/mol. The molecule has 0 saturated heterocycles. The summed E-state index contributed by atoms with van der Waals surface area (Å²) in [6.07, 6.45) is 25.9. The summed E-state index contributed by atoms with van der Waals surface area (Å²) < 4.78 is 3.28. The van der Waals surface area contributed by atoms with E-state index in [1.807, 2.05) is 36.4 Å². The van der Waals surface area contributed by atoms with Gasteiger partial charge in [0.05, 0.1) is 38.4 Å². The molecular weight excluding hydrogens is 895 g/mol. The van der Waals surface area contributed by atoms with Crippen molar-refractivity contribution in [2.75, 3.05) is 23.7 Å². The summed E-state index contributed by atoms with van der Waals surface area (Å²) in [5.74, 6) is 0. The molecule has 0 amide bonds. The van der Waals surface area contributed by atoms with Gasteiger partial charge >= 0.3 is 0 Å². The molecule has 11 rings (SSSR count). The lowest BCUT2D eigenvalue weighted by atomic mass is 9.86. The van der Waals surface area contributed by atoms with Crippen LogP contribution in [0.4, 0.5) is 17.1 Å². The Morgan fingerprint density at radius 3 is 1.29 bits per heavy atom. The summed E-state index contributed by atoms with van der Waals surface area (Å²) in [6, 6.07) is 23.5. The topological polar surface area (TPSA) is 141 Å². The molecule has 7 aromatic carbocycles. The van der Waals surface area contributed by atoms with Crippen LogP contribution >= 0.6 is 0 Å². The molecule has 2 N–H and O–H groups in total. The zero-order valence-corrected chi connectivity index (χ0v) is 42.4. The molecule has 0 radical (unpaired) electrons. The quantitative estimate of drug-likeness (QED) is 0.0158. The normalized spacial score (nSPS) is 12.5. The summed E-state index contributed by atoms with van der Waals surface area (Å²) in [5, 5.41) is 22.3. The Bertz CT molecular complexity index is 3890. The molecule has 0 bridgehead atoms. The number of unbranched alkanes of at least 4 members (excludes halogenated alkanes) is 18. The van der Waals surface area contributed by atoms with E-state index in [1.54, 1.807) is 17.4 Å². The second-order valence-electron chi connectivity index (χ2n) is 20.9. The molecule has 0 fully saturated rings. The molecular formula is C61H67N7O4. The number of nitrogens with zero attached hydrogens (tertiary/aromatic N) is 6. The second kappa shape index (κ2) is 20.0. The molecule has 0 aliphatic heterocycles. The van der Waals surface area contributed by atoms with E-state index >= 15 is 0 Å². The molecule has 4 heterocycles. The zero-order chi connectivity index (χ0) is 49.6. The Kier molecular flexibility index (Phi) is 13.2. The lowest BCUT2D eigenvalue weighted by Crippen LogP contribution is -2.26. The highest BCUT2D eigenvalue weighted by molar-refractivity contribution is 6.40. The van der Waals surface area contributed by atoms with Crippen molar-refractivity contribution < 1.29 is 4.92 Å². The molecule has 0 spiro atoms. The number of nitrogen functional groups attached to an aromatic ring is 1. The first kappa shape index (κ1) is 47.4. The Labute approximate surface area is 419 Å². The van der Waals surface area contributed by atoms with Crippen molar-refractivity contribution in [2.24, 2.45) is 0 Å². The van der Waals surface area contributed by atoms with Crippen molar-refractivity contribution in [3.8, 4) is 0 Å². The number of rotatable bonds is 24. The molecule has 11 heteroatoms. The number of nitro groups is 1. The third-order valence-electron chi connectivity index (χ3n) is 16.1. The Hall–Kier alpha value is -6.88. The minimum atomic E-state index is -0.418. The number of nitrogens with two attached hydrogens (primary N) is 1. The Morgan fingerprint density at radius 2 is 0.861 bits per heavy atom. The molecule has 0 saturated carbocycles. The second-order valence-corrected chi connectivity index (χ2v) is 20.9. The van der Waals surface area contributed by atoms with Crippen LogP contribution in [0.1, 0.15) is 148 Å². The highest BCUT2D eigenvalue weighted by atomic mass is 16.6. The first-order valence-electron chi connectivity index (χ1n) is 27.2. The van der Waals surface area contributed by atoms with E-state index in [1.165, 1.54) is 126 Å². The van der Waals surface area contributed by atoms with Crippen LogP contribution < -0.4 is 21.8 Å². The monoisotopic (exact) mass is 962 g/mol. The number of nitro benzene ring substituents is 1. The van der Waals surface area contributed by atoms with E-state index in [0.29, 0.717) is 44.4 Å². The minimum absolute atomic E-state index is 0.0511. The highest BCUT2D eigenvalue weighted by Crippen LogP contribution is 2.46. The average molecular weight is 962 g/mol. The number of aryl methyl sites for hydroxylation is 1. The standard InChI is InChI=1S/C61H67N7O4/c1-4-6-8-10-12-14-16-18-20-22-32-65(33-23-21-19-17-15-13-11-9-7-5-2)51-36-49-52(35-47(51)62)66-59(64-49)44-29-25-40-42-27-31-46-56-43(28-24-39(54(42)56)41-26-30-45(60(66)69)57(44)55(40)41)58-63-48-34-38(3)50(68(71)72)37-53(48)67(58)61(46)70/h24-31,34-37H,4-23,32-33,62H2,1-3H3. The van der Waals surface area contributed by atoms with E-state index in [2.05, 4.69) is 43.0 Å². The fourth-order valence-corrected chi connectivity index (χ4v) is 12.4. The van der Waals surface area contributed by atoms with E-state index in [0.717, 1.165) is 96.5 Å². The Balaban J connectivity index is 0.957. The first-order valence-corrected chi connectivity index (χ1v) is 27.2. The van der Waals surface area contributed by atoms with Gasteiger partial charge in [0.15, 0.2) is 0 Å². The highest BCUT2D eigenvalue weighted by Gasteiger charge is 2.26. The maximum atomic E-state index is 14.9. The lowest BCUT2D eigenvalue weighted by Gasteiger charge is -2.26. The zero-order valence-electron chi connectivity index (χ0n) is 42.4. The average Bonchev–Trinajstić information content (AvgIpc) is 3.95. The van der Waals surface area contributed by atoms with Crippen molar-refractivity contribution in [2.45, 2.75) is 149 Å². The predicted octanol–water partition coefficient (Wildman–Crippen LogP) is 15.7. The van der Waals surface area contributed by atoms with E-state index in [4.69, 9.17) is 15.7 Å². The fraction of sp³-hybridized carbons (Fsp3) is 0.410. The third kappa shape index (κ3) is 8.13. The fourth-order valence-electron chi connectivity index (χ4n) is 12.4. The van der Waals surface area contributed by atoms with Crippen LogP contribution in [0.25, 0.3) is 98.0 Å². The van der Waals surface area contributed by atoms with Crippen LogP contribution in [0.3, 0.4) is 0 Å². The van der Waals surface area contributed by atoms with Gasteiger partial charge in [-0.25, -0.2) is 9.97 Å². The van der Waals surface area contributed by atoms with Gasteiger partial charge in [-0.05, 0) is 94.5 Å². The minimum Gasteiger partial charge on any atom is -0.397 e. The maximum absolute atomic E-state index is 14.9. The first-order chi connectivity index (χ1) is 35.2. The van der Waals surface area contributed by atoms with Gasteiger partial charge in [0.1, 0.15) is 11.3 Å². The van der Waals surface area contributed by atoms with Gasteiger partial charge in [-0.3, -0.25) is 28.5 Å². The van der Waals surface area contributed by atoms with Crippen LogP contribution in [0.15, 0.2) is 82.4 Å². The number of hydrogen-bond acceptors (Lipinski definition) is 8. The molecule has 4 aromatic heterocycles. The number of anilines is 2. The molecule has 0 aliphatic carbocycles. The van der Waals surface area contributed by atoms with Crippen LogP contribution in [-0.2, 0) is 0 Å². The number of imidazole rings is 2. The van der Waals surface area contributed by atoms with Gasteiger partial charge < -0.3 is 10.6 Å². The van der Waals surface area contributed by atoms with Gasteiger partial charge in [-0.1, -0.05) is 154 Å². The van der Waals surface area contributed by atoms with Crippen molar-refractivity contribution in [1.29, 1.82) is 0 Å². The number of pyridine rings is 2. The van der Waals surface area contributed by atoms with Crippen LogP contribution in [-0.4, -0.2) is 36.8 Å². The molecule has 0 aliphatic rings. The van der Waals surface area contributed by atoms with E-state index in [-0.39, 0.29) is 16.8 Å². The van der Waals surface area contributed by atoms with Gasteiger partial charge in [0.25, 0.3) is 16.8 Å². The molecule has 0 atom stereocenters. The molecule has 11 aromatic rings. The molecule has 370 valence electrons. The van der Waals surface area contributed by atoms with Crippen LogP contribution in [0.2, 0.25) is 0 Å².